The molecule has 1 heterocycles. The van der Waals surface area contributed by atoms with Gasteiger partial charge in [0.25, 0.3) is 0 Å². The molecular weight excluding hydrogens is 214 g/mol. The summed E-state index contributed by atoms with van der Waals surface area (Å²) in [4.78, 5) is 15.1. The van der Waals surface area contributed by atoms with Crippen LogP contribution < -0.4 is 10.6 Å². The number of benzene rings is 1. The van der Waals surface area contributed by atoms with Gasteiger partial charge in [0.15, 0.2) is 0 Å². The number of hydrogen-bond acceptors (Lipinski definition) is 3. The molecule has 0 fully saturated rings. The fourth-order valence-electron chi connectivity index (χ4n) is 1.59. The van der Waals surface area contributed by atoms with E-state index in [1.54, 1.807) is 0 Å². The molecule has 17 heavy (non-hydrogen) atoms. The minimum absolute atomic E-state index is 0.0155. The number of carbonyl (C=O) groups excluding carboxylic acids is 1. The van der Waals surface area contributed by atoms with Gasteiger partial charge in [0, 0.05) is 25.4 Å². The number of rotatable bonds is 4. The number of fused-ring (bicyclic) bond motifs is 1. The average Bonchev–Trinajstić information content (AvgIpc) is 2.34. The molecule has 1 amide bonds. The fraction of sp³-hybridized carbons (Fsp3) is 0.231. The highest BCUT2D eigenvalue weighted by Gasteiger charge is 1.97. The van der Waals surface area contributed by atoms with E-state index in [4.69, 9.17) is 0 Å². The molecular formula is C13H15N3O. The molecule has 2 N–H and O–H groups in total. The van der Waals surface area contributed by atoms with E-state index >= 15 is 0 Å². The van der Waals surface area contributed by atoms with E-state index in [1.165, 1.54) is 6.92 Å². The highest BCUT2D eigenvalue weighted by molar-refractivity contribution is 5.80. The first-order valence-electron chi connectivity index (χ1n) is 5.60. The van der Waals surface area contributed by atoms with Crippen LogP contribution >= 0.6 is 0 Å². The standard InChI is InChI=1S/C13H15N3O/c1-10(17)14-8-9-15-13-7-6-11-4-2-3-5-12(11)16-13/h2-7H,8-9H2,1H3,(H,14,17)(H,15,16). The molecule has 88 valence electrons. The van der Waals surface area contributed by atoms with Crippen LogP contribution in [0, 0.1) is 0 Å². The van der Waals surface area contributed by atoms with E-state index < -0.39 is 0 Å². The molecule has 0 aliphatic heterocycles. The predicted octanol–water partition coefficient (Wildman–Crippen LogP) is 1.78. The van der Waals surface area contributed by atoms with Gasteiger partial charge in [-0.1, -0.05) is 18.2 Å². The molecule has 0 unspecified atom stereocenters. The molecule has 0 atom stereocenters. The van der Waals surface area contributed by atoms with Gasteiger partial charge in [-0.3, -0.25) is 4.79 Å². The Bertz CT molecular complexity index is 525. The number of hydrogen-bond donors (Lipinski definition) is 2. The Morgan fingerprint density at radius 3 is 2.82 bits per heavy atom. The second kappa shape index (κ2) is 5.30. The van der Waals surface area contributed by atoms with E-state index in [0.29, 0.717) is 13.1 Å². The van der Waals surface area contributed by atoms with Gasteiger partial charge >= 0.3 is 0 Å². The lowest BCUT2D eigenvalue weighted by molar-refractivity contribution is -0.118. The molecule has 0 saturated heterocycles. The maximum atomic E-state index is 10.7. The number of carbonyl (C=O) groups is 1. The molecule has 1 aromatic carbocycles. The Morgan fingerprint density at radius 1 is 1.18 bits per heavy atom. The van der Waals surface area contributed by atoms with Crippen molar-refractivity contribution < 1.29 is 4.79 Å². The number of nitrogens with zero attached hydrogens (tertiary/aromatic N) is 1. The van der Waals surface area contributed by atoms with Gasteiger partial charge in [0.1, 0.15) is 5.82 Å². The lowest BCUT2D eigenvalue weighted by Crippen LogP contribution is -2.26. The quantitative estimate of drug-likeness (QED) is 0.786. The SMILES string of the molecule is CC(=O)NCCNc1ccc2ccccc2n1. The molecule has 0 radical (unpaired) electrons. The van der Waals surface area contributed by atoms with Crippen molar-refractivity contribution in [3.05, 3.63) is 36.4 Å². The Kier molecular flexibility index (Phi) is 3.55. The van der Waals surface area contributed by atoms with E-state index in [-0.39, 0.29) is 5.91 Å². The van der Waals surface area contributed by atoms with Crippen molar-refractivity contribution in [2.75, 3.05) is 18.4 Å². The lowest BCUT2D eigenvalue weighted by atomic mass is 10.2. The molecule has 0 spiro atoms. The van der Waals surface area contributed by atoms with Crippen LogP contribution in [0.5, 0.6) is 0 Å². The number of pyridine rings is 1. The van der Waals surface area contributed by atoms with E-state index in [1.807, 2.05) is 36.4 Å². The summed E-state index contributed by atoms with van der Waals surface area (Å²) in [5.74, 6) is 0.812. The van der Waals surface area contributed by atoms with Crippen molar-refractivity contribution in [3.8, 4) is 0 Å². The summed E-state index contributed by atoms with van der Waals surface area (Å²) < 4.78 is 0. The Labute approximate surface area is 100 Å². The smallest absolute Gasteiger partial charge is 0.216 e. The maximum absolute atomic E-state index is 10.7. The third-order valence-corrected chi connectivity index (χ3v) is 2.40. The molecule has 4 nitrogen and oxygen atoms in total. The fourth-order valence-corrected chi connectivity index (χ4v) is 1.59. The highest BCUT2D eigenvalue weighted by atomic mass is 16.1. The van der Waals surface area contributed by atoms with Crippen LogP contribution in [0.4, 0.5) is 5.82 Å². The van der Waals surface area contributed by atoms with Crippen LogP contribution in [0.15, 0.2) is 36.4 Å². The first-order valence-corrected chi connectivity index (χ1v) is 5.60. The van der Waals surface area contributed by atoms with Crippen LogP contribution in [0.25, 0.3) is 10.9 Å². The molecule has 0 aliphatic carbocycles. The average molecular weight is 229 g/mol. The summed E-state index contributed by atoms with van der Waals surface area (Å²) >= 11 is 0. The van der Waals surface area contributed by atoms with Crippen LogP contribution in [0.1, 0.15) is 6.92 Å². The molecule has 0 saturated carbocycles. The topological polar surface area (TPSA) is 54.0 Å². The Balaban J connectivity index is 1.97. The van der Waals surface area contributed by atoms with E-state index in [0.717, 1.165) is 16.7 Å². The van der Waals surface area contributed by atoms with Gasteiger partial charge < -0.3 is 10.6 Å². The number of aromatic nitrogens is 1. The first-order chi connectivity index (χ1) is 8.25. The minimum Gasteiger partial charge on any atom is -0.368 e. The number of nitrogens with one attached hydrogen (secondary N) is 2. The molecule has 2 aromatic rings. The lowest BCUT2D eigenvalue weighted by Gasteiger charge is -2.06. The van der Waals surface area contributed by atoms with Gasteiger partial charge in [-0.2, -0.15) is 0 Å². The molecule has 4 heteroatoms. The predicted molar refractivity (Wildman–Crippen MR) is 68.9 cm³/mol. The molecule has 0 aliphatic rings. The Morgan fingerprint density at radius 2 is 2.00 bits per heavy atom. The van der Waals surface area contributed by atoms with Crippen molar-refractivity contribution in [1.82, 2.24) is 10.3 Å². The zero-order chi connectivity index (χ0) is 12.1. The highest BCUT2D eigenvalue weighted by Crippen LogP contribution is 2.13. The summed E-state index contributed by atoms with van der Waals surface area (Å²) in [5, 5.41) is 7.01. The Hall–Kier alpha value is -2.10. The van der Waals surface area contributed by atoms with Gasteiger partial charge in [-0.15, -0.1) is 0 Å². The van der Waals surface area contributed by atoms with E-state index in [2.05, 4.69) is 15.6 Å². The third kappa shape index (κ3) is 3.17. The summed E-state index contributed by atoms with van der Waals surface area (Å²) in [7, 11) is 0. The number of para-hydroxylation sites is 1. The van der Waals surface area contributed by atoms with Crippen molar-refractivity contribution >= 4 is 22.6 Å². The van der Waals surface area contributed by atoms with Crippen molar-refractivity contribution in [1.29, 1.82) is 0 Å². The minimum atomic E-state index is -0.0155. The maximum Gasteiger partial charge on any atom is 0.216 e. The van der Waals surface area contributed by atoms with Gasteiger partial charge in [0.2, 0.25) is 5.91 Å². The number of anilines is 1. The first kappa shape index (κ1) is 11.4. The van der Waals surface area contributed by atoms with Crippen LogP contribution in [-0.2, 0) is 4.79 Å². The second-order valence-corrected chi connectivity index (χ2v) is 3.80. The second-order valence-electron chi connectivity index (χ2n) is 3.80. The largest absolute Gasteiger partial charge is 0.368 e. The molecule has 2 rings (SSSR count). The molecule has 1 aromatic heterocycles. The van der Waals surface area contributed by atoms with Crippen LogP contribution in [0.3, 0.4) is 0 Å². The summed E-state index contributed by atoms with van der Waals surface area (Å²) in [6.07, 6.45) is 0. The monoisotopic (exact) mass is 229 g/mol. The van der Waals surface area contributed by atoms with E-state index in [9.17, 15) is 4.79 Å². The van der Waals surface area contributed by atoms with Crippen molar-refractivity contribution in [3.63, 3.8) is 0 Å². The van der Waals surface area contributed by atoms with Crippen LogP contribution in [0.2, 0.25) is 0 Å². The normalized spacial score (nSPS) is 10.2. The summed E-state index contributed by atoms with van der Waals surface area (Å²) in [6.45, 7) is 2.78. The zero-order valence-electron chi connectivity index (χ0n) is 9.73. The van der Waals surface area contributed by atoms with Gasteiger partial charge in [-0.05, 0) is 18.2 Å². The zero-order valence-corrected chi connectivity index (χ0v) is 9.73. The van der Waals surface area contributed by atoms with Crippen molar-refractivity contribution in [2.45, 2.75) is 6.92 Å². The molecule has 0 bridgehead atoms. The van der Waals surface area contributed by atoms with Crippen LogP contribution in [-0.4, -0.2) is 24.0 Å². The summed E-state index contributed by atoms with van der Waals surface area (Å²) in [5.41, 5.74) is 0.969. The summed E-state index contributed by atoms with van der Waals surface area (Å²) in [6, 6.07) is 11.9. The third-order valence-electron chi connectivity index (χ3n) is 2.40. The van der Waals surface area contributed by atoms with Gasteiger partial charge in [-0.25, -0.2) is 4.98 Å². The number of amides is 1. The van der Waals surface area contributed by atoms with Crippen molar-refractivity contribution in [2.24, 2.45) is 0 Å². The van der Waals surface area contributed by atoms with Gasteiger partial charge in [0.05, 0.1) is 5.52 Å².